The number of para-hydroxylation sites is 2. The maximum Gasteiger partial charge on any atom is 0.122 e. The number of piperidine rings is 1. The molecule has 0 atom stereocenters. The predicted octanol–water partition coefficient (Wildman–Crippen LogP) is 4.23. The van der Waals surface area contributed by atoms with Crippen molar-refractivity contribution in [3.8, 4) is 5.75 Å². The van der Waals surface area contributed by atoms with Crippen LogP contribution in [0.3, 0.4) is 0 Å². The van der Waals surface area contributed by atoms with E-state index in [0.29, 0.717) is 6.04 Å². The molecule has 0 unspecified atom stereocenters. The third kappa shape index (κ3) is 4.76. The zero-order valence-corrected chi connectivity index (χ0v) is 15.5. The highest BCUT2D eigenvalue weighted by Crippen LogP contribution is 2.23. The Bertz CT molecular complexity index is 635. The largest absolute Gasteiger partial charge is 0.496 e. The van der Waals surface area contributed by atoms with E-state index in [1.165, 1.54) is 30.5 Å². The number of hydrogen-bond donors (Lipinski definition) is 0. The minimum absolute atomic E-state index is 0.706. The van der Waals surface area contributed by atoms with Crippen molar-refractivity contribution >= 4 is 5.69 Å². The van der Waals surface area contributed by atoms with Gasteiger partial charge >= 0.3 is 0 Å². The smallest absolute Gasteiger partial charge is 0.122 e. The molecule has 3 nitrogen and oxygen atoms in total. The first-order valence-electron chi connectivity index (χ1n) is 9.40. The van der Waals surface area contributed by atoms with E-state index < -0.39 is 0 Å². The van der Waals surface area contributed by atoms with Crippen LogP contribution in [0.2, 0.25) is 0 Å². The quantitative estimate of drug-likeness (QED) is 0.751. The predicted molar refractivity (Wildman–Crippen MR) is 106 cm³/mol. The summed E-state index contributed by atoms with van der Waals surface area (Å²) in [5, 5.41) is 0. The van der Waals surface area contributed by atoms with E-state index >= 15 is 0 Å². The summed E-state index contributed by atoms with van der Waals surface area (Å²) in [5.74, 6) is 1.02. The Kier molecular flexibility index (Phi) is 6.35. The van der Waals surface area contributed by atoms with Crippen molar-refractivity contribution < 1.29 is 4.74 Å². The summed E-state index contributed by atoms with van der Waals surface area (Å²) in [7, 11) is 4.04. The Morgan fingerprint density at radius 1 is 1.00 bits per heavy atom. The molecule has 0 amide bonds. The number of hydrogen-bond acceptors (Lipinski definition) is 3. The highest BCUT2D eigenvalue weighted by atomic mass is 16.5. The highest BCUT2D eigenvalue weighted by molar-refractivity contribution is 5.46. The third-order valence-electron chi connectivity index (χ3n) is 5.36. The van der Waals surface area contributed by atoms with Gasteiger partial charge < -0.3 is 14.5 Å². The van der Waals surface area contributed by atoms with E-state index in [9.17, 15) is 0 Å². The second kappa shape index (κ2) is 8.91. The van der Waals surface area contributed by atoms with E-state index in [1.54, 1.807) is 7.11 Å². The molecule has 0 aromatic heterocycles. The Labute approximate surface area is 152 Å². The standard InChI is InChI=1S/C22H30N2O/c1-23(16-8-10-19-9-6-7-13-22(19)25-2)20-14-17-24(18-15-20)21-11-4-3-5-12-21/h3-7,9,11-13,20H,8,10,14-18H2,1-2H3. The van der Waals surface area contributed by atoms with E-state index in [1.807, 2.05) is 6.07 Å². The summed E-state index contributed by atoms with van der Waals surface area (Å²) in [6, 6.07) is 19.9. The molecule has 0 radical (unpaired) electrons. The number of anilines is 1. The monoisotopic (exact) mass is 338 g/mol. The van der Waals surface area contributed by atoms with Crippen LogP contribution in [-0.2, 0) is 6.42 Å². The van der Waals surface area contributed by atoms with Crippen molar-refractivity contribution in [3.63, 3.8) is 0 Å². The summed E-state index contributed by atoms with van der Waals surface area (Å²) >= 11 is 0. The van der Waals surface area contributed by atoms with E-state index in [-0.39, 0.29) is 0 Å². The van der Waals surface area contributed by atoms with Crippen LogP contribution in [0.1, 0.15) is 24.8 Å². The maximum absolute atomic E-state index is 5.45. The first kappa shape index (κ1) is 17.8. The van der Waals surface area contributed by atoms with Crippen molar-refractivity contribution in [1.29, 1.82) is 0 Å². The molecule has 25 heavy (non-hydrogen) atoms. The Morgan fingerprint density at radius 3 is 2.40 bits per heavy atom. The molecule has 2 aromatic rings. The molecule has 1 saturated heterocycles. The molecule has 0 aliphatic carbocycles. The van der Waals surface area contributed by atoms with E-state index in [4.69, 9.17) is 4.74 Å². The van der Waals surface area contributed by atoms with Crippen LogP contribution in [0.25, 0.3) is 0 Å². The first-order chi connectivity index (χ1) is 12.3. The molecule has 0 saturated carbocycles. The molecular formula is C22H30N2O. The molecule has 3 heteroatoms. The summed E-state index contributed by atoms with van der Waals surface area (Å²) in [6.07, 6.45) is 4.76. The molecule has 1 aliphatic heterocycles. The van der Waals surface area contributed by atoms with Gasteiger partial charge in [0.1, 0.15) is 5.75 Å². The molecule has 2 aromatic carbocycles. The number of rotatable bonds is 7. The number of ether oxygens (including phenoxy) is 1. The van der Waals surface area contributed by atoms with Crippen molar-refractivity contribution in [1.82, 2.24) is 4.90 Å². The molecule has 3 rings (SSSR count). The highest BCUT2D eigenvalue weighted by Gasteiger charge is 2.22. The molecule has 1 heterocycles. The fraction of sp³-hybridized carbons (Fsp3) is 0.455. The molecule has 0 bridgehead atoms. The van der Waals surface area contributed by atoms with Gasteiger partial charge in [-0.2, -0.15) is 0 Å². The Balaban J connectivity index is 1.43. The van der Waals surface area contributed by atoms with Crippen molar-refractivity contribution in [2.45, 2.75) is 31.7 Å². The zero-order valence-electron chi connectivity index (χ0n) is 15.5. The van der Waals surface area contributed by atoms with Crippen LogP contribution in [0.5, 0.6) is 5.75 Å². The van der Waals surface area contributed by atoms with Gasteiger partial charge in [-0.1, -0.05) is 36.4 Å². The van der Waals surface area contributed by atoms with Crippen molar-refractivity contribution in [2.24, 2.45) is 0 Å². The summed E-state index contributed by atoms with van der Waals surface area (Å²) in [5.41, 5.74) is 2.68. The molecule has 1 aliphatic rings. The summed E-state index contributed by atoms with van der Waals surface area (Å²) < 4.78 is 5.45. The van der Waals surface area contributed by atoms with Crippen LogP contribution in [0.15, 0.2) is 54.6 Å². The van der Waals surface area contributed by atoms with Gasteiger partial charge in [-0.3, -0.25) is 0 Å². The average Bonchev–Trinajstić information content (AvgIpc) is 2.69. The van der Waals surface area contributed by atoms with Gasteiger partial charge in [0.15, 0.2) is 0 Å². The normalized spacial score (nSPS) is 15.6. The van der Waals surface area contributed by atoms with E-state index in [0.717, 1.165) is 31.8 Å². The van der Waals surface area contributed by atoms with Crippen LogP contribution < -0.4 is 9.64 Å². The van der Waals surface area contributed by atoms with Crippen molar-refractivity contribution in [3.05, 3.63) is 60.2 Å². The lowest BCUT2D eigenvalue weighted by atomic mass is 10.0. The van der Waals surface area contributed by atoms with Gasteiger partial charge in [0, 0.05) is 24.8 Å². The van der Waals surface area contributed by atoms with Gasteiger partial charge in [-0.05, 0) is 63.0 Å². The van der Waals surface area contributed by atoms with Gasteiger partial charge in [0.2, 0.25) is 0 Å². The SMILES string of the molecule is COc1ccccc1CCCN(C)C1CCN(c2ccccc2)CC1. The van der Waals surface area contributed by atoms with Gasteiger partial charge in [-0.15, -0.1) is 0 Å². The van der Waals surface area contributed by atoms with Crippen molar-refractivity contribution in [2.75, 3.05) is 38.7 Å². The van der Waals surface area contributed by atoms with Crippen LogP contribution in [0.4, 0.5) is 5.69 Å². The van der Waals surface area contributed by atoms with Crippen LogP contribution >= 0.6 is 0 Å². The van der Waals surface area contributed by atoms with Crippen LogP contribution in [-0.4, -0.2) is 44.7 Å². The average molecular weight is 338 g/mol. The second-order valence-electron chi connectivity index (χ2n) is 6.95. The third-order valence-corrected chi connectivity index (χ3v) is 5.36. The lowest BCUT2D eigenvalue weighted by Crippen LogP contribution is -2.43. The Morgan fingerprint density at radius 2 is 1.68 bits per heavy atom. The maximum atomic E-state index is 5.45. The second-order valence-corrected chi connectivity index (χ2v) is 6.95. The number of benzene rings is 2. The first-order valence-corrected chi connectivity index (χ1v) is 9.40. The summed E-state index contributed by atoms with van der Waals surface area (Å²) in [6.45, 7) is 3.46. The zero-order chi connectivity index (χ0) is 17.5. The molecule has 1 fully saturated rings. The lowest BCUT2D eigenvalue weighted by Gasteiger charge is -2.38. The fourth-order valence-corrected chi connectivity index (χ4v) is 3.81. The van der Waals surface area contributed by atoms with Gasteiger partial charge in [0.05, 0.1) is 7.11 Å². The Hall–Kier alpha value is -2.00. The lowest BCUT2D eigenvalue weighted by molar-refractivity contribution is 0.206. The number of nitrogens with zero attached hydrogens (tertiary/aromatic N) is 2. The van der Waals surface area contributed by atoms with Gasteiger partial charge in [-0.25, -0.2) is 0 Å². The summed E-state index contributed by atoms with van der Waals surface area (Å²) in [4.78, 5) is 5.07. The topological polar surface area (TPSA) is 15.7 Å². The van der Waals surface area contributed by atoms with Crippen LogP contribution in [0, 0.1) is 0 Å². The fourth-order valence-electron chi connectivity index (χ4n) is 3.81. The number of aryl methyl sites for hydroxylation is 1. The number of methoxy groups -OCH3 is 1. The molecule has 134 valence electrons. The molecule has 0 spiro atoms. The molecular weight excluding hydrogens is 308 g/mol. The van der Waals surface area contributed by atoms with E-state index in [2.05, 4.69) is 65.4 Å². The molecule has 0 N–H and O–H groups in total. The minimum atomic E-state index is 0.706. The minimum Gasteiger partial charge on any atom is -0.496 e. The van der Waals surface area contributed by atoms with Gasteiger partial charge in [0.25, 0.3) is 0 Å².